The number of anilines is 1. The van der Waals surface area contributed by atoms with E-state index in [9.17, 15) is 0 Å². The quantitative estimate of drug-likeness (QED) is 0.846. The van der Waals surface area contributed by atoms with Crippen molar-refractivity contribution in [2.45, 2.75) is 45.4 Å². The van der Waals surface area contributed by atoms with Crippen LogP contribution in [0.25, 0.3) is 0 Å². The molecule has 19 heavy (non-hydrogen) atoms. The van der Waals surface area contributed by atoms with Crippen LogP contribution < -0.4 is 5.73 Å². The highest BCUT2D eigenvalue weighted by atomic mass is 35.5. The third-order valence-corrected chi connectivity index (χ3v) is 3.58. The zero-order valence-electron chi connectivity index (χ0n) is 12.2. The van der Waals surface area contributed by atoms with Crippen molar-refractivity contribution in [1.29, 1.82) is 0 Å². The molecule has 1 fully saturated rings. The average molecular weight is 283 g/mol. The zero-order valence-corrected chi connectivity index (χ0v) is 12.9. The number of halogens is 1. The molecule has 0 saturated carbocycles. The molecule has 1 heterocycles. The summed E-state index contributed by atoms with van der Waals surface area (Å²) in [5, 5.41) is 0.738. The average Bonchev–Trinajstić information content (AvgIpc) is 2.17. The van der Waals surface area contributed by atoms with Crippen LogP contribution in [0.1, 0.15) is 33.3 Å². The highest BCUT2D eigenvalue weighted by Crippen LogP contribution is 2.30. The number of hydrogen-bond acceptors (Lipinski definition) is 3. The van der Waals surface area contributed by atoms with Crippen LogP contribution >= 0.6 is 11.6 Å². The second kappa shape index (κ2) is 4.97. The van der Waals surface area contributed by atoms with Gasteiger partial charge in [0.25, 0.3) is 0 Å². The van der Waals surface area contributed by atoms with Crippen molar-refractivity contribution in [2.24, 2.45) is 0 Å². The lowest BCUT2D eigenvalue weighted by Gasteiger charge is -2.47. The van der Waals surface area contributed by atoms with Gasteiger partial charge in [0.15, 0.2) is 0 Å². The maximum atomic E-state index is 6.25. The van der Waals surface area contributed by atoms with E-state index in [1.807, 2.05) is 18.2 Å². The van der Waals surface area contributed by atoms with Gasteiger partial charge in [0.1, 0.15) is 0 Å². The maximum absolute atomic E-state index is 6.25. The van der Waals surface area contributed by atoms with Crippen LogP contribution in [-0.4, -0.2) is 29.2 Å². The molecule has 2 rings (SSSR count). The summed E-state index contributed by atoms with van der Waals surface area (Å²) in [6.07, 6.45) is 0. The minimum absolute atomic E-state index is 0.137. The van der Waals surface area contributed by atoms with E-state index in [0.717, 1.165) is 30.2 Å². The van der Waals surface area contributed by atoms with Crippen molar-refractivity contribution < 1.29 is 4.74 Å². The van der Waals surface area contributed by atoms with Gasteiger partial charge < -0.3 is 10.5 Å². The number of hydrogen-bond donors (Lipinski definition) is 1. The third kappa shape index (κ3) is 3.85. The molecule has 0 atom stereocenters. The Hall–Kier alpha value is -0.770. The number of benzene rings is 1. The van der Waals surface area contributed by atoms with Gasteiger partial charge in [-0.25, -0.2) is 0 Å². The van der Waals surface area contributed by atoms with Gasteiger partial charge in [-0.3, -0.25) is 4.90 Å². The summed E-state index contributed by atoms with van der Waals surface area (Å²) < 4.78 is 6.08. The van der Waals surface area contributed by atoms with Crippen molar-refractivity contribution in [2.75, 3.05) is 18.8 Å². The Balaban J connectivity index is 2.14. The van der Waals surface area contributed by atoms with Gasteiger partial charge in [-0.15, -0.1) is 0 Å². The van der Waals surface area contributed by atoms with Gasteiger partial charge in [0.2, 0.25) is 0 Å². The van der Waals surface area contributed by atoms with Crippen molar-refractivity contribution in [3.05, 3.63) is 28.8 Å². The molecule has 1 aliphatic rings. The van der Waals surface area contributed by atoms with Crippen LogP contribution in [0, 0.1) is 0 Å². The smallest absolute Gasteiger partial charge is 0.0760 e. The highest BCUT2D eigenvalue weighted by molar-refractivity contribution is 6.31. The number of nitrogen functional groups attached to an aromatic ring is 1. The van der Waals surface area contributed by atoms with Crippen LogP contribution in [0.3, 0.4) is 0 Å². The molecule has 0 bridgehead atoms. The van der Waals surface area contributed by atoms with Crippen molar-refractivity contribution >= 4 is 17.3 Å². The van der Waals surface area contributed by atoms with Gasteiger partial charge in [-0.1, -0.05) is 17.7 Å². The highest BCUT2D eigenvalue weighted by Gasteiger charge is 2.37. The zero-order chi connectivity index (χ0) is 14.3. The summed E-state index contributed by atoms with van der Waals surface area (Å²) >= 11 is 6.25. The molecule has 0 radical (unpaired) electrons. The second-order valence-corrected chi connectivity index (χ2v) is 7.02. The molecule has 1 aromatic carbocycles. The standard InChI is InChI=1S/C15H23ClN2O/c1-14(2)9-18(10-15(3,4)19-14)8-11-5-6-12(17)7-13(11)16/h5-7H,8-10,17H2,1-4H3. The van der Waals surface area contributed by atoms with Gasteiger partial charge in [-0.05, 0) is 45.4 Å². The molecule has 1 aromatic rings. The van der Waals surface area contributed by atoms with E-state index >= 15 is 0 Å². The number of morpholine rings is 1. The predicted molar refractivity (Wildman–Crippen MR) is 80.4 cm³/mol. The van der Waals surface area contributed by atoms with Gasteiger partial charge >= 0.3 is 0 Å². The topological polar surface area (TPSA) is 38.5 Å². The molecule has 1 saturated heterocycles. The van der Waals surface area contributed by atoms with Crippen LogP contribution in [0.4, 0.5) is 5.69 Å². The Morgan fingerprint density at radius 3 is 2.32 bits per heavy atom. The molecule has 3 nitrogen and oxygen atoms in total. The Kier molecular flexibility index (Phi) is 3.83. The van der Waals surface area contributed by atoms with E-state index in [2.05, 4.69) is 32.6 Å². The van der Waals surface area contributed by atoms with E-state index in [1.54, 1.807) is 0 Å². The van der Waals surface area contributed by atoms with Gasteiger partial charge in [0.05, 0.1) is 11.2 Å². The Bertz CT molecular complexity index is 455. The van der Waals surface area contributed by atoms with Crippen LogP contribution in [0.5, 0.6) is 0 Å². The third-order valence-electron chi connectivity index (χ3n) is 3.23. The molecule has 0 spiro atoms. The normalized spacial score (nSPS) is 22.4. The molecule has 2 N–H and O–H groups in total. The fraction of sp³-hybridized carbons (Fsp3) is 0.600. The Labute approximate surface area is 120 Å². The minimum atomic E-state index is -0.137. The molecular weight excluding hydrogens is 260 g/mol. The number of ether oxygens (including phenoxy) is 1. The summed E-state index contributed by atoms with van der Waals surface area (Å²) in [4.78, 5) is 2.39. The maximum Gasteiger partial charge on any atom is 0.0760 e. The first-order valence-electron chi connectivity index (χ1n) is 6.63. The lowest BCUT2D eigenvalue weighted by atomic mass is 9.98. The molecule has 4 heteroatoms. The van der Waals surface area contributed by atoms with Crippen molar-refractivity contribution in [3.63, 3.8) is 0 Å². The first-order chi connectivity index (χ1) is 8.67. The van der Waals surface area contributed by atoms with Gasteiger partial charge in [0, 0.05) is 30.3 Å². The number of nitrogens with zero attached hydrogens (tertiary/aromatic N) is 1. The minimum Gasteiger partial charge on any atom is -0.399 e. The van der Waals surface area contributed by atoms with Gasteiger partial charge in [-0.2, -0.15) is 0 Å². The SMILES string of the molecule is CC1(C)CN(Cc2ccc(N)cc2Cl)CC(C)(C)O1. The van der Waals surface area contributed by atoms with Crippen LogP contribution in [0.15, 0.2) is 18.2 Å². The van der Waals surface area contributed by atoms with Crippen LogP contribution in [0.2, 0.25) is 5.02 Å². The van der Waals surface area contributed by atoms with E-state index in [4.69, 9.17) is 22.1 Å². The second-order valence-electron chi connectivity index (χ2n) is 6.62. The lowest BCUT2D eigenvalue weighted by Crippen LogP contribution is -2.56. The monoisotopic (exact) mass is 282 g/mol. The molecule has 1 aliphatic heterocycles. The fourth-order valence-corrected chi connectivity index (χ4v) is 3.24. The Morgan fingerprint density at radius 2 is 1.79 bits per heavy atom. The fourth-order valence-electron chi connectivity index (χ4n) is 2.99. The van der Waals surface area contributed by atoms with Crippen molar-refractivity contribution in [3.8, 4) is 0 Å². The molecule has 0 amide bonds. The number of rotatable bonds is 2. The lowest BCUT2D eigenvalue weighted by molar-refractivity contribution is -0.182. The van der Waals surface area contributed by atoms with E-state index in [0.29, 0.717) is 5.69 Å². The Morgan fingerprint density at radius 1 is 1.21 bits per heavy atom. The summed E-state index contributed by atoms with van der Waals surface area (Å²) in [5.41, 5.74) is 7.28. The summed E-state index contributed by atoms with van der Waals surface area (Å²) in [6.45, 7) is 11.2. The van der Waals surface area contributed by atoms with E-state index in [-0.39, 0.29) is 11.2 Å². The van der Waals surface area contributed by atoms with Crippen LogP contribution in [-0.2, 0) is 11.3 Å². The summed E-state index contributed by atoms with van der Waals surface area (Å²) in [6, 6.07) is 5.72. The van der Waals surface area contributed by atoms with E-state index in [1.165, 1.54) is 0 Å². The molecule has 106 valence electrons. The molecular formula is C15H23ClN2O. The molecule has 0 aliphatic carbocycles. The first-order valence-corrected chi connectivity index (χ1v) is 7.01. The summed E-state index contributed by atoms with van der Waals surface area (Å²) in [5.74, 6) is 0. The van der Waals surface area contributed by atoms with Crippen molar-refractivity contribution in [1.82, 2.24) is 4.90 Å². The van der Waals surface area contributed by atoms with E-state index < -0.39 is 0 Å². The number of nitrogens with two attached hydrogens (primary N) is 1. The largest absolute Gasteiger partial charge is 0.399 e. The first kappa shape index (κ1) is 14.6. The predicted octanol–water partition coefficient (Wildman–Crippen LogP) is 3.31. The molecule has 0 unspecified atom stereocenters. The summed E-state index contributed by atoms with van der Waals surface area (Å²) in [7, 11) is 0. The molecule has 0 aromatic heterocycles.